The van der Waals surface area contributed by atoms with Crippen molar-refractivity contribution in [1.82, 2.24) is 4.98 Å². The molecule has 1 aliphatic rings. The summed E-state index contributed by atoms with van der Waals surface area (Å²) in [6, 6.07) is 10.2. The highest BCUT2D eigenvalue weighted by atomic mass is 16.3. The topological polar surface area (TPSA) is 33.1 Å². The fourth-order valence-electron chi connectivity index (χ4n) is 3.31. The minimum absolute atomic E-state index is 0.339. The van der Waals surface area contributed by atoms with Crippen molar-refractivity contribution in [1.29, 1.82) is 0 Å². The van der Waals surface area contributed by atoms with Crippen molar-refractivity contribution in [3.63, 3.8) is 0 Å². The van der Waals surface area contributed by atoms with E-state index in [1.807, 2.05) is 18.2 Å². The van der Waals surface area contributed by atoms with Crippen LogP contribution >= 0.6 is 0 Å². The molecule has 0 radical (unpaired) electrons. The van der Waals surface area contributed by atoms with E-state index < -0.39 is 0 Å². The summed E-state index contributed by atoms with van der Waals surface area (Å²) in [6.45, 7) is 2.29. The molecule has 3 unspecified atom stereocenters. The third kappa shape index (κ3) is 2.64. The van der Waals surface area contributed by atoms with Gasteiger partial charge >= 0.3 is 0 Å². The molecule has 19 heavy (non-hydrogen) atoms. The molecule has 0 bridgehead atoms. The Hall–Kier alpha value is -1.41. The van der Waals surface area contributed by atoms with Crippen LogP contribution in [-0.2, 0) is 0 Å². The predicted molar refractivity (Wildman–Crippen MR) is 77.8 cm³/mol. The van der Waals surface area contributed by atoms with Gasteiger partial charge in [0.05, 0.1) is 11.6 Å². The number of benzene rings is 1. The molecule has 100 valence electrons. The SMILES string of the molecule is CC1CCCC(C(O)c2ccc3cccnc3c2)C1. The summed E-state index contributed by atoms with van der Waals surface area (Å²) in [5.41, 5.74) is 1.99. The van der Waals surface area contributed by atoms with Crippen LogP contribution in [-0.4, -0.2) is 10.1 Å². The smallest absolute Gasteiger partial charge is 0.0819 e. The Morgan fingerprint density at radius 1 is 1.26 bits per heavy atom. The van der Waals surface area contributed by atoms with E-state index in [1.54, 1.807) is 6.20 Å². The maximum Gasteiger partial charge on any atom is 0.0819 e. The molecule has 1 aliphatic carbocycles. The predicted octanol–water partition coefficient (Wildman–Crippen LogP) is 4.09. The third-order valence-corrected chi connectivity index (χ3v) is 4.39. The van der Waals surface area contributed by atoms with E-state index in [9.17, 15) is 5.11 Å². The lowest BCUT2D eigenvalue weighted by molar-refractivity contribution is 0.0715. The molecule has 1 fully saturated rings. The molecule has 1 N–H and O–H groups in total. The molecule has 0 spiro atoms. The summed E-state index contributed by atoms with van der Waals surface area (Å²) in [5.74, 6) is 1.15. The lowest BCUT2D eigenvalue weighted by Gasteiger charge is -2.30. The van der Waals surface area contributed by atoms with Crippen molar-refractivity contribution < 1.29 is 5.11 Å². The molecule has 3 atom stereocenters. The Morgan fingerprint density at radius 3 is 3.00 bits per heavy atom. The molecule has 1 aromatic heterocycles. The molecular formula is C17H21NO. The zero-order valence-electron chi connectivity index (χ0n) is 11.4. The zero-order chi connectivity index (χ0) is 13.2. The molecule has 1 saturated carbocycles. The summed E-state index contributed by atoms with van der Waals surface area (Å²) in [4.78, 5) is 4.37. The number of aliphatic hydroxyl groups is 1. The molecule has 0 saturated heterocycles. The first-order valence-electron chi connectivity index (χ1n) is 7.27. The minimum Gasteiger partial charge on any atom is -0.388 e. The molecule has 1 heterocycles. The average molecular weight is 255 g/mol. The van der Waals surface area contributed by atoms with Crippen LogP contribution in [0.1, 0.15) is 44.3 Å². The van der Waals surface area contributed by atoms with Crippen molar-refractivity contribution in [2.24, 2.45) is 11.8 Å². The van der Waals surface area contributed by atoms with E-state index in [1.165, 1.54) is 12.8 Å². The van der Waals surface area contributed by atoms with Crippen LogP contribution in [0.25, 0.3) is 10.9 Å². The number of aromatic nitrogens is 1. The summed E-state index contributed by atoms with van der Waals surface area (Å²) >= 11 is 0. The zero-order valence-corrected chi connectivity index (χ0v) is 11.4. The van der Waals surface area contributed by atoms with Crippen LogP contribution in [0.5, 0.6) is 0 Å². The highest BCUT2D eigenvalue weighted by Crippen LogP contribution is 2.37. The molecule has 2 aromatic rings. The van der Waals surface area contributed by atoms with Crippen LogP contribution in [0.3, 0.4) is 0 Å². The maximum absolute atomic E-state index is 10.6. The van der Waals surface area contributed by atoms with Gasteiger partial charge in [-0.15, -0.1) is 0 Å². The van der Waals surface area contributed by atoms with Gasteiger partial charge in [-0.3, -0.25) is 4.98 Å². The van der Waals surface area contributed by atoms with Gasteiger partial charge in [0.25, 0.3) is 0 Å². The summed E-state index contributed by atoms with van der Waals surface area (Å²) in [7, 11) is 0. The summed E-state index contributed by atoms with van der Waals surface area (Å²) in [5, 5.41) is 11.7. The Kier molecular flexibility index (Phi) is 3.52. The van der Waals surface area contributed by atoms with Crippen molar-refractivity contribution >= 4 is 10.9 Å². The number of rotatable bonds is 2. The molecule has 3 rings (SSSR count). The Labute approximate surface area is 114 Å². The van der Waals surface area contributed by atoms with E-state index in [4.69, 9.17) is 0 Å². The molecular weight excluding hydrogens is 234 g/mol. The van der Waals surface area contributed by atoms with Crippen LogP contribution < -0.4 is 0 Å². The van der Waals surface area contributed by atoms with Gasteiger partial charge in [0.1, 0.15) is 0 Å². The monoisotopic (exact) mass is 255 g/mol. The Bertz CT molecular complexity index is 566. The number of nitrogens with zero attached hydrogens (tertiary/aromatic N) is 1. The van der Waals surface area contributed by atoms with Crippen LogP contribution in [0.15, 0.2) is 36.5 Å². The van der Waals surface area contributed by atoms with Gasteiger partial charge in [-0.1, -0.05) is 38.0 Å². The normalized spacial score (nSPS) is 25.4. The number of pyridine rings is 1. The van der Waals surface area contributed by atoms with E-state index in [-0.39, 0.29) is 6.10 Å². The molecule has 1 aromatic carbocycles. The number of aliphatic hydroxyl groups excluding tert-OH is 1. The highest BCUT2D eigenvalue weighted by molar-refractivity contribution is 5.78. The van der Waals surface area contributed by atoms with Gasteiger partial charge in [0.15, 0.2) is 0 Å². The van der Waals surface area contributed by atoms with Gasteiger partial charge < -0.3 is 5.11 Å². The highest BCUT2D eigenvalue weighted by Gasteiger charge is 2.26. The Balaban J connectivity index is 1.86. The average Bonchev–Trinajstić information content (AvgIpc) is 2.46. The summed E-state index contributed by atoms with van der Waals surface area (Å²) < 4.78 is 0. The van der Waals surface area contributed by atoms with E-state index in [0.717, 1.165) is 35.2 Å². The van der Waals surface area contributed by atoms with Crippen molar-refractivity contribution in [3.05, 3.63) is 42.1 Å². The number of hydrogen-bond acceptors (Lipinski definition) is 2. The van der Waals surface area contributed by atoms with Crippen molar-refractivity contribution in [2.75, 3.05) is 0 Å². The fourth-order valence-corrected chi connectivity index (χ4v) is 3.31. The third-order valence-electron chi connectivity index (χ3n) is 4.39. The number of hydrogen-bond donors (Lipinski definition) is 1. The van der Waals surface area contributed by atoms with E-state index >= 15 is 0 Å². The second-order valence-corrected chi connectivity index (χ2v) is 5.93. The second kappa shape index (κ2) is 5.30. The van der Waals surface area contributed by atoms with Gasteiger partial charge in [-0.05, 0) is 42.4 Å². The van der Waals surface area contributed by atoms with Crippen LogP contribution in [0.2, 0.25) is 0 Å². The van der Waals surface area contributed by atoms with Crippen molar-refractivity contribution in [3.8, 4) is 0 Å². The lowest BCUT2D eigenvalue weighted by Crippen LogP contribution is -2.20. The van der Waals surface area contributed by atoms with Crippen molar-refractivity contribution in [2.45, 2.75) is 38.7 Å². The number of fused-ring (bicyclic) bond motifs is 1. The molecule has 0 aliphatic heterocycles. The van der Waals surface area contributed by atoms with Gasteiger partial charge in [0, 0.05) is 11.6 Å². The summed E-state index contributed by atoms with van der Waals surface area (Å²) in [6.07, 6.45) is 6.31. The quantitative estimate of drug-likeness (QED) is 0.876. The van der Waals surface area contributed by atoms with Gasteiger partial charge in [-0.2, -0.15) is 0 Å². The van der Waals surface area contributed by atoms with E-state index in [0.29, 0.717) is 5.92 Å². The first kappa shape index (κ1) is 12.6. The van der Waals surface area contributed by atoms with Crippen LogP contribution in [0, 0.1) is 11.8 Å². The van der Waals surface area contributed by atoms with Crippen LogP contribution in [0.4, 0.5) is 0 Å². The Morgan fingerprint density at radius 2 is 2.16 bits per heavy atom. The van der Waals surface area contributed by atoms with Gasteiger partial charge in [0.2, 0.25) is 0 Å². The van der Waals surface area contributed by atoms with E-state index in [2.05, 4.69) is 24.0 Å². The van der Waals surface area contributed by atoms with Gasteiger partial charge in [-0.25, -0.2) is 0 Å². The maximum atomic E-state index is 10.6. The minimum atomic E-state index is -0.339. The first-order chi connectivity index (χ1) is 9.24. The molecule has 0 amide bonds. The fraction of sp³-hybridized carbons (Fsp3) is 0.471. The molecule has 2 heteroatoms. The lowest BCUT2D eigenvalue weighted by atomic mass is 9.78. The first-order valence-corrected chi connectivity index (χ1v) is 7.27. The second-order valence-electron chi connectivity index (χ2n) is 5.93. The largest absolute Gasteiger partial charge is 0.388 e. The standard InChI is InChI=1S/C17H21NO/c1-12-4-2-5-14(10-12)17(19)15-8-7-13-6-3-9-18-16(13)11-15/h3,6-9,11-12,14,17,19H,2,4-5,10H2,1H3. The molecule has 2 nitrogen and oxygen atoms in total.